The van der Waals surface area contributed by atoms with Gasteiger partial charge in [-0.15, -0.1) is 0 Å². The first-order valence-electron chi connectivity index (χ1n) is 8.59. The summed E-state index contributed by atoms with van der Waals surface area (Å²) in [6.07, 6.45) is 5.38. The van der Waals surface area contributed by atoms with Crippen LogP contribution < -0.4 is 5.32 Å². The second kappa shape index (κ2) is 8.55. The van der Waals surface area contributed by atoms with Crippen LogP contribution in [0.15, 0.2) is 30.3 Å². The monoisotopic (exact) mass is 288 g/mol. The Balaban J connectivity index is 1.59. The molecule has 2 nitrogen and oxygen atoms in total. The predicted octanol–water partition coefficient (Wildman–Crippen LogP) is 3.92. The third-order valence-electron chi connectivity index (χ3n) is 4.62. The molecule has 1 aliphatic rings. The van der Waals surface area contributed by atoms with Gasteiger partial charge in [0.2, 0.25) is 0 Å². The average Bonchev–Trinajstić information content (AvgIpc) is 2.44. The number of nitrogens with zero attached hydrogens (tertiary/aromatic N) is 1. The first kappa shape index (κ1) is 16.5. The van der Waals surface area contributed by atoms with Gasteiger partial charge in [-0.1, -0.05) is 44.2 Å². The first-order chi connectivity index (χ1) is 10.1. The average molecular weight is 288 g/mol. The minimum Gasteiger partial charge on any atom is -0.314 e. The summed E-state index contributed by atoms with van der Waals surface area (Å²) < 4.78 is 0. The summed E-state index contributed by atoms with van der Waals surface area (Å²) in [6, 6.07) is 11.5. The molecule has 118 valence electrons. The zero-order chi connectivity index (χ0) is 15.1. The van der Waals surface area contributed by atoms with Crippen LogP contribution in [0.25, 0.3) is 0 Å². The molecule has 1 aliphatic carbocycles. The number of hydrogen-bond acceptors (Lipinski definition) is 2. The minimum atomic E-state index is 0.753. The van der Waals surface area contributed by atoms with Gasteiger partial charge < -0.3 is 10.2 Å². The lowest BCUT2D eigenvalue weighted by Gasteiger charge is -2.32. The molecular weight excluding hydrogens is 256 g/mol. The van der Waals surface area contributed by atoms with E-state index in [4.69, 9.17) is 0 Å². The van der Waals surface area contributed by atoms with Crippen molar-refractivity contribution < 1.29 is 0 Å². The van der Waals surface area contributed by atoms with E-state index in [2.05, 4.69) is 61.4 Å². The maximum absolute atomic E-state index is 3.77. The maximum Gasteiger partial charge on any atom is 0.0230 e. The van der Waals surface area contributed by atoms with Crippen molar-refractivity contribution >= 4 is 0 Å². The lowest BCUT2D eigenvalue weighted by Crippen LogP contribution is -2.37. The minimum absolute atomic E-state index is 0.753. The van der Waals surface area contributed by atoms with Gasteiger partial charge in [0.05, 0.1) is 0 Å². The Morgan fingerprint density at radius 2 is 1.71 bits per heavy atom. The number of rotatable bonds is 7. The molecule has 0 bridgehead atoms. The van der Waals surface area contributed by atoms with Gasteiger partial charge in [-0.2, -0.15) is 0 Å². The fourth-order valence-corrected chi connectivity index (χ4v) is 3.74. The van der Waals surface area contributed by atoms with E-state index in [0.717, 1.165) is 31.0 Å². The van der Waals surface area contributed by atoms with Crippen molar-refractivity contribution in [1.82, 2.24) is 10.2 Å². The molecule has 2 atom stereocenters. The number of hydrogen-bond donors (Lipinski definition) is 1. The summed E-state index contributed by atoms with van der Waals surface area (Å²) in [5.74, 6) is 1.79. The third-order valence-corrected chi connectivity index (χ3v) is 4.62. The van der Waals surface area contributed by atoms with Crippen LogP contribution in [0.1, 0.15) is 45.1 Å². The molecule has 1 fully saturated rings. The van der Waals surface area contributed by atoms with Crippen LogP contribution in [0.3, 0.4) is 0 Å². The fourth-order valence-electron chi connectivity index (χ4n) is 3.74. The molecule has 0 heterocycles. The molecule has 0 radical (unpaired) electrons. The Labute approximate surface area is 130 Å². The zero-order valence-corrected chi connectivity index (χ0v) is 14.0. The Bertz CT molecular complexity index is 380. The summed E-state index contributed by atoms with van der Waals surface area (Å²) in [4.78, 5) is 2.42. The lowest BCUT2D eigenvalue weighted by atomic mass is 9.80. The van der Waals surface area contributed by atoms with Crippen molar-refractivity contribution in [3.63, 3.8) is 0 Å². The van der Waals surface area contributed by atoms with Crippen LogP contribution in [-0.4, -0.2) is 31.1 Å². The molecule has 2 rings (SSSR count). The zero-order valence-electron chi connectivity index (χ0n) is 14.0. The second-order valence-corrected chi connectivity index (χ2v) is 7.15. The van der Waals surface area contributed by atoms with Crippen LogP contribution >= 0.6 is 0 Å². The first-order valence-corrected chi connectivity index (χ1v) is 8.59. The van der Waals surface area contributed by atoms with Crippen LogP contribution in [0.4, 0.5) is 0 Å². The van der Waals surface area contributed by atoms with E-state index < -0.39 is 0 Å². The third kappa shape index (κ3) is 6.19. The van der Waals surface area contributed by atoms with Crippen molar-refractivity contribution in [2.45, 2.75) is 52.1 Å². The van der Waals surface area contributed by atoms with Crippen molar-refractivity contribution in [2.24, 2.45) is 11.8 Å². The predicted molar refractivity (Wildman–Crippen MR) is 91.4 cm³/mol. The molecular formula is C19H32N2. The van der Waals surface area contributed by atoms with E-state index in [0.29, 0.717) is 0 Å². The Morgan fingerprint density at radius 3 is 2.38 bits per heavy atom. The van der Waals surface area contributed by atoms with Gasteiger partial charge in [0, 0.05) is 12.6 Å². The van der Waals surface area contributed by atoms with E-state index in [1.807, 2.05) is 0 Å². The Kier molecular flexibility index (Phi) is 6.72. The van der Waals surface area contributed by atoms with Gasteiger partial charge in [0.25, 0.3) is 0 Å². The van der Waals surface area contributed by atoms with Crippen LogP contribution in [0.5, 0.6) is 0 Å². The van der Waals surface area contributed by atoms with Gasteiger partial charge in [0.1, 0.15) is 0 Å². The van der Waals surface area contributed by atoms with Gasteiger partial charge in [-0.3, -0.25) is 0 Å². The van der Waals surface area contributed by atoms with E-state index in [1.54, 1.807) is 0 Å². The molecule has 0 amide bonds. The molecule has 0 saturated heterocycles. The van der Waals surface area contributed by atoms with Crippen molar-refractivity contribution in [3.8, 4) is 0 Å². The number of nitrogens with one attached hydrogen (secondary N) is 1. The van der Waals surface area contributed by atoms with Crippen molar-refractivity contribution in [1.29, 1.82) is 0 Å². The summed E-state index contributed by atoms with van der Waals surface area (Å²) in [5.41, 5.74) is 1.41. The molecule has 2 unspecified atom stereocenters. The molecule has 21 heavy (non-hydrogen) atoms. The summed E-state index contributed by atoms with van der Waals surface area (Å²) in [7, 11) is 2.22. The lowest BCUT2D eigenvalue weighted by molar-refractivity contribution is 0.235. The summed E-state index contributed by atoms with van der Waals surface area (Å²) in [6.45, 7) is 8.18. The molecule has 2 heteroatoms. The van der Waals surface area contributed by atoms with E-state index >= 15 is 0 Å². The maximum atomic E-state index is 3.77. The van der Waals surface area contributed by atoms with Crippen LogP contribution in [-0.2, 0) is 6.54 Å². The van der Waals surface area contributed by atoms with E-state index in [-0.39, 0.29) is 0 Å². The van der Waals surface area contributed by atoms with E-state index in [9.17, 15) is 0 Å². The van der Waals surface area contributed by atoms with Crippen LogP contribution in [0.2, 0.25) is 0 Å². The Morgan fingerprint density at radius 1 is 1.05 bits per heavy atom. The van der Waals surface area contributed by atoms with Crippen molar-refractivity contribution in [2.75, 3.05) is 20.1 Å². The molecule has 1 aromatic rings. The summed E-state index contributed by atoms with van der Waals surface area (Å²) >= 11 is 0. The Hall–Kier alpha value is -0.860. The van der Waals surface area contributed by atoms with Crippen LogP contribution in [0, 0.1) is 11.8 Å². The molecule has 1 N–H and O–H groups in total. The second-order valence-electron chi connectivity index (χ2n) is 7.15. The van der Waals surface area contributed by atoms with Crippen molar-refractivity contribution in [3.05, 3.63) is 35.9 Å². The highest BCUT2D eigenvalue weighted by Gasteiger charge is 2.23. The summed E-state index contributed by atoms with van der Waals surface area (Å²) in [5, 5.41) is 3.77. The number of benzene rings is 1. The topological polar surface area (TPSA) is 15.3 Å². The standard InChI is InChI=1S/C19H32N2/c1-16-12-17(2)14-19(13-16)20-10-7-11-21(3)15-18-8-5-4-6-9-18/h4-6,8-9,16-17,19-20H,7,10-15H2,1-3H3. The van der Waals surface area contributed by atoms with Gasteiger partial charge >= 0.3 is 0 Å². The highest BCUT2D eigenvalue weighted by Crippen LogP contribution is 2.28. The quantitative estimate of drug-likeness (QED) is 0.765. The normalized spacial score (nSPS) is 26.2. The molecule has 0 aromatic heterocycles. The fraction of sp³-hybridized carbons (Fsp3) is 0.684. The van der Waals surface area contributed by atoms with Gasteiger partial charge in [-0.25, -0.2) is 0 Å². The van der Waals surface area contributed by atoms with Gasteiger partial charge in [-0.05, 0) is 63.2 Å². The van der Waals surface area contributed by atoms with Gasteiger partial charge in [0.15, 0.2) is 0 Å². The molecule has 0 aliphatic heterocycles. The SMILES string of the molecule is CC1CC(C)CC(NCCCN(C)Cc2ccccc2)C1. The molecule has 1 saturated carbocycles. The molecule has 0 spiro atoms. The highest BCUT2D eigenvalue weighted by atomic mass is 15.1. The largest absolute Gasteiger partial charge is 0.314 e. The van der Waals surface area contributed by atoms with E-state index in [1.165, 1.54) is 37.8 Å². The highest BCUT2D eigenvalue weighted by molar-refractivity contribution is 5.14. The molecule has 1 aromatic carbocycles. The smallest absolute Gasteiger partial charge is 0.0230 e.